The summed E-state index contributed by atoms with van der Waals surface area (Å²) >= 11 is 3.32. The van der Waals surface area contributed by atoms with Gasteiger partial charge >= 0.3 is 0 Å². The molecule has 0 saturated heterocycles. The normalized spacial score (nSPS) is 10.6. The van der Waals surface area contributed by atoms with Crippen molar-refractivity contribution in [3.8, 4) is 0 Å². The highest BCUT2D eigenvalue weighted by molar-refractivity contribution is 7.98. The average Bonchev–Trinajstić information content (AvgIpc) is 2.66. The predicted molar refractivity (Wildman–Crippen MR) is 72.0 cm³/mol. The van der Waals surface area contributed by atoms with Crippen LogP contribution in [-0.4, -0.2) is 4.98 Å². The van der Waals surface area contributed by atoms with Gasteiger partial charge in [-0.15, -0.1) is 23.1 Å². The molecule has 0 fully saturated rings. The monoisotopic (exact) mass is 250 g/mol. The molecule has 1 aromatic carbocycles. The number of nitrogens with two attached hydrogens (primary N) is 1. The molecular formula is C12H14N2S2. The van der Waals surface area contributed by atoms with Gasteiger partial charge < -0.3 is 5.73 Å². The zero-order valence-electron chi connectivity index (χ0n) is 9.36. The van der Waals surface area contributed by atoms with Crippen LogP contribution in [0, 0.1) is 13.8 Å². The van der Waals surface area contributed by atoms with Gasteiger partial charge in [-0.2, -0.15) is 0 Å². The third-order valence-electron chi connectivity index (χ3n) is 2.29. The number of hydrogen-bond acceptors (Lipinski definition) is 4. The number of hydrogen-bond donors (Lipinski definition) is 1. The lowest BCUT2D eigenvalue weighted by Gasteiger charge is -2.05. The standard InChI is InChI=1S/C12H14N2S2/c1-8-3-4-9(2)11(5-8)15-6-10-7-16-12(13)14-10/h3-5,7H,6H2,1-2H3,(H2,13,14). The number of thiazole rings is 1. The first-order valence-corrected chi connectivity index (χ1v) is 6.91. The molecule has 0 bridgehead atoms. The summed E-state index contributed by atoms with van der Waals surface area (Å²) in [6.45, 7) is 4.25. The van der Waals surface area contributed by atoms with Gasteiger partial charge in [-0.3, -0.25) is 0 Å². The maximum Gasteiger partial charge on any atom is 0.180 e. The van der Waals surface area contributed by atoms with Gasteiger partial charge in [0.25, 0.3) is 0 Å². The summed E-state index contributed by atoms with van der Waals surface area (Å²) in [5.74, 6) is 0.887. The Labute approximate surface area is 104 Å². The van der Waals surface area contributed by atoms with Gasteiger partial charge in [-0.1, -0.05) is 17.7 Å². The van der Waals surface area contributed by atoms with E-state index in [1.54, 1.807) is 0 Å². The molecule has 2 nitrogen and oxygen atoms in total. The van der Waals surface area contributed by atoms with Crippen LogP contribution in [0.1, 0.15) is 16.8 Å². The molecular weight excluding hydrogens is 236 g/mol. The van der Waals surface area contributed by atoms with Crippen LogP contribution in [0.15, 0.2) is 28.5 Å². The summed E-state index contributed by atoms with van der Waals surface area (Å²) in [6, 6.07) is 6.52. The first-order chi connectivity index (χ1) is 7.65. The molecule has 0 aliphatic carbocycles. The second kappa shape index (κ2) is 4.89. The lowest BCUT2D eigenvalue weighted by molar-refractivity contribution is 1.22. The average molecular weight is 250 g/mol. The number of thioether (sulfide) groups is 1. The minimum atomic E-state index is 0.650. The number of aromatic nitrogens is 1. The molecule has 2 aromatic rings. The van der Waals surface area contributed by atoms with Crippen molar-refractivity contribution in [3.05, 3.63) is 40.4 Å². The highest BCUT2D eigenvalue weighted by Crippen LogP contribution is 2.27. The fourth-order valence-corrected chi connectivity index (χ4v) is 3.09. The summed E-state index contributed by atoms with van der Waals surface area (Å²) < 4.78 is 0. The molecule has 2 rings (SSSR count). The van der Waals surface area contributed by atoms with Gasteiger partial charge in [-0.25, -0.2) is 4.98 Å². The SMILES string of the molecule is Cc1ccc(C)c(SCc2csc(N)n2)c1. The number of anilines is 1. The predicted octanol–water partition coefficient (Wildman–Crippen LogP) is 3.63. The van der Waals surface area contributed by atoms with Crippen LogP contribution in [0.2, 0.25) is 0 Å². The topological polar surface area (TPSA) is 38.9 Å². The minimum absolute atomic E-state index is 0.650. The van der Waals surface area contributed by atoms with Gasteiger partial charge in [0.15, 0.2) is 5.13 Å². The molecule has 4 heteroatoms. The Bertz CT molecular complexity index is 492. The van der Waals surface area contributed by atoms with E-state index in [0.717, 1.165) is 11.4 Å². The van der Waals surface area contributed by atoms with E-state index in [2.05, 4.69) is 37.0 Å². The number of nitrogen functional groups attached to an aromatic ring is 1. The van der Waals surface area contributed by atoms with Crippen LogP contribution >= 0.6 is 23.1 Å². The zero-order chi connectivity index (χ0) is 11.5. The Morgan fingerprint density at radius 3 is 2.88 bits per heavy atom. The van der Waals surface area contributed by atoms with Crippen molar-refractivity contribution in [3.63, 3.8) is 0 Å². The van der Waals surface area contributed by atoms with Crippen LogP contribution in [0.5, 0.6) is 0 Å². The third-order valence-corrected chi connectivity index (χ3v) is 4.20. The summed E-state index contributed by atoms with van der Waals surface area (Å²) in [5, 5.41) is 2.67. The van der Waals surface area contributed by atoms with Crippen LogP contribution in [0.3, 0.4) is 0 Å². The Balaban J connectivity index is 2.07. The summed E-state index contributed by atoms with van der Waals surface area (Å²) in [4.78, 5) is 5.58. The van der Waals surface area contributed by atoms with Crippen molar-refractivity contribution in [2.75, 3.05) is 5.73 Å². The Morgan fingerprint density at radius 2 is 2.19 bits per heavy atom. The molecule has 0 spiro atoms. The quantitative estimate of drug-likeness (QED) is 0.845. The van der Waals surface area contributed by atoms with Gasteiger partial charge in [0.05, 0.1) is 5.69 Å². The molecule has 16 heavy (non-hydrogen) atoms. The number of benzene rings is 1. The van der Waals surface area contributed by atoms with Crippen LogP contribution in [0.25, 0.3) is 0 Å². The summed E-state index contributed by atoms with van der Waals surface area (Å²) in [7, 11) is 0. The van der Waals surface area contributed by atoms with Gasteiger partial charge in [0.1, 0.15) is 0 Å². The molecule has 1 aromatic heterocycles. The molecule has 0 amide bonds. The van der Waals surface area contributed by atoms with Crippen molar-refractivity contribution in [2.45, 2.75) is 24.5 Å². The van der Waals surface area contributed by atoms with E-state index >= 15 is 0 Å². The molecule has 0 atom stereocenters. The second-order valence-electron chi connectivity index (χ2n) is 3.73. The fourth-order valence-electron chi connectivity index (χ4n) is 1.40. The van der Waals surface area contributed by atoms with Gasteiger partial charge in [0.2, 0.25) is 0 Å². The van der Waals surface area contributed by atoms with Gasteiger partial charge in [-0.05, 0) is 25.5 Å². The molecule has 1 heterocycles. The fraction of sp³-hybridized carbons (Fsp3) is 0.250. The van der Waals surface area contributed by atoms with Crippen molar-refractivity contribution in [1.29, 1.82) is 0 Å². The van der Waals surface area contributed by atoms with E-state index < -0.39 is 0 Å². The van der Waals surface area contributed by atoms with E-state index in [1.165, 1.54) is 27.4 Å². The highest BCUT2D eigenvalue weighted by atomic mass is 32.2. The summed E-state index contributed by atoms with van der Waals surface area (Å²) in [6.07, 6.45) is 0. The largest absolute Gasteiger partial charge is 0.375 e. The van der Waals surface area contributed by atoms with Crippen molar-refractivity contribution in [1.82, 2.24) is 4.98 Å². The first kappa shape index (κ1) is 11.5. The Hall–Kier alpha value is -1.00. The van der Waals surface area contributed by atoms with Gasteiger partial charge in [0, 0.05) is 16.0 Å². The van der Waals surface area contributed by atoms with E-state index in [0.29, 0.717) is 5.13 Å². The smallest absolute Gasteiger partial charge is 0.180 e. The molecule has 2 N–H and O–H groups in total. The molecule has 0 radical (unpaired) electrons. The second-order valence-corrected chi connectivity index (χ2v) is 5.64. The number of aryl methyl sites for hydroxylation is 2. The first-order valence-electron chi connectivity index (χ1n) is 5.05. The molecule has 0 saturated carbocycles. The Morgan fingerprint density at radius 1 is 1.38 bits per heavy atom. The third kappa shape index (κ3) is 2.77. The van der Waals surface area contributed by atoms with Crippen molar-refractivity contribution >= 4 is 28.2 Å². The van der Waals surface area contributed by atoms with Crippen molar-refractivity contribution < 1.29 is 0 Å². The summed E-state index contributed by atoms with van der Waals surface area (Å²) in [5.41, 5.74) is 9.28. The van der Waals surface area contributed by atoms with E-state index in [-0.39, 0.29) is 0 Å². The van der Waals surface area contributed by atoms with E-state index in [4.69, 9.17) is 5.73 Å². The zero-order valence-corrected chi connectivity index (χ0v) is 11.0. The van der Waals surface area contributed by atoms with Crippen LogP contribution in [-0.2, 0) is 5.75 Å². The molecule has 84 valence electrons. The number of rotatable bonds is 3. The number of nitrogens with zero attached hydrogens (tertiary/aromatic N) is 1. The maximum absolute atomic E-state index is 5.60. The van der Waals surface area contributed by atoms with Crippen molar-refractivity contribution in [2.24, 2.45) is 0 Å². The lowest BCUT2D eigenvalue weighted by atomic mass is 10.2. The van der Waals surface area contributed by atoms with Crippen LogP contribution in [0.4, 0.5) is 5.13 Å². The van der Waals surface area contributed by atoms with Crippen LogP contribution < -0.4 is 5.73 Å². The van der Waals surface area contributed by atoms with E-state index in [1.807, 2.05) is 17.1 Å². The highest BCUT2D eigenvalue weighted by Gasteiger charge is 2.03. The molecule has 0 aliphatic heterocycles. The minimum Gasteiger partial charge on any atom is -0.375 e. The maximum atomic E-state index is 5.60. The molecule has 0 aliphatic rings. The molecule has 0 unspecified atom stereocenters. The lowest BCUT2D eigenvalue weighted by Crippen LogP contribution is -1.86. The Kier molecular flexibility index (Phi) is 3.51. The van der Waals surface area contributed by atoms with E-state index in [9.17, 15) is 0 Å².